The molecule has 0 radical (unpaired) electrons. The number of hydrogen-bond donors (Lipinski definition) is 2. The van der Waals surface area contributed by atoms with Crippen molar-refractivity contribution >= 4 is 0 Å². The molecular formula is C16H32N4O. The molecule has 2 atom stereocenters. The fourth-order valence-electron chi connectivity index (χ4n) is 3.43. The van der Waals surface area contributed by atoms with Gasteiger partial charge in [0.1, 0.15) is 0 Å². The van der Waals surface area contributed by atoms with Crippen LogP contribution in [0.2, 0.25) is 0 Å². The summed E-state index contributed by atoms with van der Waals surface area (Å²) in [5.74, 6) is 0. The van der Waals surface area contributed by atoms with Gasteiger partial charge in [0, 0.05) is 23.4 Å². The molecule has 0 aromatic carbocycles. The highest BCUT2D eigenvalue weighted by atomic mass is 16.3. The Balaban J connectivity index is 0.000000222. The van der Waals surface area contributed by atoms with Crippen molar-refractivity contribution in [2.24, 2.45) is 10.5 Å². The van der Waals surface area contributed by atoms with Crippen LogP contribution in [0.3, 0.4) is 0 Å². The third-order valence-corrected chi connectivity index (χ3v) is 4.79. The molecule has 21 heavy (non-hydrogen) atoms. The first-order chi connectivity index (χ1) is 10.2. The molecule has 1 saturated heterocycles. The Morgan fingerprint density at radius 2 is 2.05 bits per heavy atom. The summed E-state index contributed by atoms with van der Waals surface area (Å²) in [7, 11) is 0. The second-order valence-corrected chi connectivity index (χ2v) is 6.42. The van der Waals surface area contributed by atoms with Crippen LogP contribution >= 0.6 is 0 Å². The van der Waals surface area contributed by atoms with E-state index in [1.54, 1.807) is 0 Å². The van der Waals surface area contributed by atoms with Crippen LogP contribution in [0.5, 0.6) is 0 Å². The van der Waals surface area contributed by atoms with E-state index < -0.39 is 0 Å². The lowest BCUT2D eigenvalue weighted by molar-refractivity contribution is -0.0271. The number of hydrogen-bond acceptors (Lipinski definition) is 3. The van der Waals surface area contributed by atoms with Gasteiger partial charge in [-0.3, -0.25) is 0 Å². The van der Waals surface area contributed by atoms with Crippen molar-refractivity contribution in [2.45, 2.75) is 77.2 Å². The van der Waals surface area contributed by atoms with Gasteiger partial charge in [-0.2, -0.15) is 0 Å². The summed E-state index contributed by atoms with van der Waals surface area (Å²) in [5.41, 5.74) is 8.14. The summed E-state index contributed by atoms with van der Waals surface area (Å²) in [6.07, 6.45) is 12.0. The van der Waals surface area contributed by atoms with E-state index in [-0.39, 0.29) is 11.5 Å². The fraction of sp³-hybridized carbons (Fsp3) is 1.00. The van der Waals surface area contributed by atoms with Gasteiger partial charge in [0.25, 0.3) is 0 Å². The van der Waals surface area contributed by atoms with Crippen LogP contribution in [-0.2, 0) is 0 Å². The van der Waals surface area contributed by atoms with E-state index in [4.69, 9.17) is 5.53 Å². The number of nitrogens with zero attached hydrogens (tertiary/aromatic N) is 3. The highest BCUT2D eigenvalue weighted by Gasteiger charge is 2.40. The minimum atomic E-state index is -0.0287. The summed E-state index contributed by atoms with van der Waals surface area (Å²) in [5, 5.41) is 16.8. The molecule has 2 aliphatic rings. The number of rotatable bonds is 5. The third-order valence-electron chi connectivity index (χ3n) is 4.79. The van der Waals surface area contributed by atoms with Gasteiger partial charge in [-0.1, -0.05) is 44.1 Å². The normalized spacial score (nSPS) is 28.4. The lowest BCUT2D eigenvalue weighted by Crippen LogP contribution is -2.49. The molecule has 1 heterocycles. The largest absolute Gasteiger partial charge is 0.393 e. The van der Waals surface area contributed by atoms with Crippen molar-refractivity contribution in [2.75, 3.05) is 19.6 Å². The topological polar surface area (TPSA) is 81.0 Å². The van der Waals surface area contributed by atoms with Crippen LogP contribution in [0.1, 0.15) is 71.1 Å². The van der Waals surface area contributed by atoms with Crippen molar-refractivity contribution in [1.29, 1.82) is 0 Å². The summed E-state index contributed by atoms with van der Waals surface area (Å²) in [4.78, 5) is 2.66. The zero-order chi connectivity index (χ0) is 15.4. The highest BCUT2D eigenvalue weighted by molar-refractivity contribution is 4.93. The van der Waals surface area contributed by atoms with Crippen molar-refractivity contribution in [1.82, 2.24) is 5.32 Å². The predicted molar refractivity (Wildman–Crippen MR) is 87.2 cm³/mol. The Hall–Kier alpha value is -0.770. The molecule has 5 heteroatoms. The van der Waals surface area contributed by atoms with Gasteiger partial charge in [-0.05, 0) is 44.2 Å². The molecule has 1 spiro atoms. The number of aliphatic hydroxyl groups excluding tert-OH is 1. The zero-order valence-corrected chi connectivity index (χ0v) is 13.6. The lowest BCUT2D eigenvalue weighted by Gasteiger charge is -2.44. The molecule has 5 nitrogen and oxygen atoms in total. The van der Waals surface area contributed by atoms with E-state index in [2.05, 4.69) is 22.3 Å². The molecule has 0 unspecified atom stereocenters. The number of piperidine rings is 1. The zero-order valence-electron chi connectivity index (χ0n) is 13.6. The molecule has 2 rings (SSSR count). The Morgan fingerprint density at radius 1 is 1.24 bits per heavy atom. The van der Waals surface area contributed by atoms with Gasteiger partial charge in [0.05, 0.1) is 6.10 Å². The quantitative estimate of drug-likeness (QED) is 0.345. The van der Waals surface area contributed by atoms with Crippen LogP contribution in [0.15, 0.2) is 5.11 Å². The van der Waals surface area contributed by atoms with Gasteiger partial charge >= 0.3 is 0 Å². The van der Waals surface area contributed by atoms with Gasteiger partial charge in [0.15, 0.2) is 0 Å². The van der Waals surface area contributed by atoms with Crippen LogP contribution in [0.25, 0.3) is 10.4 Å². The molecule has 1 aliphatic carbocycles. The average Bonchev–Trinajstić information content (AvgIpc) is 2.52. The molecule has 0 aromatic rings. The average molecular weight is 296 g/mol. The van der Waals surface area contributed by atoms with Crippen molar-refractivity contribution in [3.8, 4) is 0 Å². The van der Waals surface area contributed by atoms with Gasteiger partial charge in [0.2, 0.25) is 0 Å². The first kappa shape index (κ1) is 18.3. The molecule has 2 N–H and O–H groups in total. The van der Waals surface area contributed by atoms with E-state index in [1.165, 1.54) is 51.4 Å². The molecule has 0 aromatic heterocycles. The number of aliphatic hydroxyl groups is 1. The first-order valence-corrected chi connectivity index (χ1v) is 8.65. The van der Waals surface area contributed by atoms with Crippen molar-refractivity contribution < 1.29 is 5.11 Å². The van der Waals surface area contributed by atoms with Crippen LogP contribution in [-0.4, -0.2) is 30.8 Å². The van der Waals surface area contributed by atoms with E-state index >= 15 is 0 Å². The summed E-state index contributed by atoms with van der Waals surface area (Å²) >= 11 is 0. The minimum Gasteiger partial charge on any atom is -0.393 e. The Labute approximate surface area is 129 Å². The van der Waals surface area contributed by atoms with Crippen LogP contribution < -0.4 is 5.32 Å². The predicted octanol–water partition coefficient (Wildman–Crippen LogP) is 4.17. The summed E-state index contributed by atoms with van der Waals surface area (Å²) < 4.78 is 0. The van der Waals surface area contributed by atoms with Crippen LogP contribution in [0, 0.1) is 5.41 Å². The number of nitrogens with one attached hydrogen (secondary N) is 1. The summed E-state index contributed by atoms with van der Waals surface area (Å²) in [6.45, 7) is 5.02. The second-order valence-electron chi connectivity index (χ2n) is 6.42. The smallest absolute Gasteiger partial charge is 0.0608 e. The van der Waals surface area contributed by atoms with E-state index in [1.807, 2.05) is 0 Å². The van der Waals surface area contributed by atoms with Crippen LogP contribution in [0.4, 0.5) is 0 Å². The van der Waals surface area contributed by atoms with Gasteiger partial charge in [-0.15, -0.1) is 0 Å². The number of unbranched alkanes of at least 4 members (excludes halogenated alkanes) is 3. The highest BCUT2D eigenvalue weighted by Crippen LogP contribution is 2.41. The first-order valence-electron chi connectivity index (χ1n) is 8.65. The van der Waals surface area contributed by atoms with E-state index in [0.29, 0.717) is 6.54 Å². The molecule has 0 amide bonds. The lowest BCUT2D eigenvalue weighted by atomic mass is 9.68. The van der Waals surface area contributed by atoms with E-state index in [9.17, 15) is 5.11 Å². The monoisotopic (exact) mass is 296 g/mol. The maximum atomic E-state index is 9.94. The molecule has 2 fully saturated rings. The van der Waals surface area contributed by atoms with Crippen molar-refractivity contribution in [3.63, 3.8) is 0 Å². The molecule has 122 valence electrons. The fourth-order valence-corrected chi connectivity index (χ4v) is 3.43. The standard InChI is InChI=1S/C10H19NO.C6H13N3/c12-9-4-1-2-5-10(9)6-3-7-11-8-10;1-2-3-4-5-6-8-9-7/h9,11-12H,1-8H2;2-6H2,1H3/t9-,10+;/m1./s1. The third kappa shape index (κ3) is 6.68. The maximum Gasteiger partial charge on any atom is 0.0608 e. The SMILES string of the molecule is CCCCCCN=[N+]=[N-].O[C@@H]1CCCC[C@@]12CCCNC2. The minimum absolute atomic E-state index is 0.0287. The molecule has 0 bridgehead atoms. The molecule has 1 saturated carbocycles. The number of azide groups is 1. The van der Waals surface area contributed by atoms with E-state index in [0.717, 1.165) is 25.9 Å². The molecule has 1 aliphatic heterocycles. The molecular weight excluding hydrogens is 264 g/mol. The Bertz CT molecular complexity index is 301. The second kappa shape index (κ2) is 10.9. The van der Waals surface area contributed by atoms with Gasteiger partial charge in [-0.25, -0.2) is 0 Å². The van der Waals surface area contributed by atoms with Crippen molar-refractivity contribution in [3.05, 3.63) is 10.4 Å². The Morgan fingerprint density at radius 3 is 2.67 bits per heavy atom. The maximum absolute atomic E-state index is 9.94. The Kier molecular flexibility index (Phi) is 9.48. The van der Waals surface area contributed by atoms with Gasteiger partial charge < -0.3 is 10.4 Å². The summed E-state index contributed by atoms with van der Waals surface area (Å²) in [6, 6.07) is 0.